The number of esters is 2. The van der Waals surface area contributed by atoms with E-state index in [4.69, 9.17) is 28.9 Å². The van der Waals surface area contributed by atoms with Crippen LogP contribution < -0.4 is 9.80 Å². The molecule has 2 amide bonds. The summed E-state index contributed by atoms with van der Waals surface area (Å²) in [5, 5.41) is 0. The zero-order valence-corrected chi connectivity index (χ0v) is 41.5. The number of morpholine rings is 2. The highest BCUT2D eigenvalue weighted by molar-refractivity contribution is 5.95. The lowest BCUT2D eigenvalue weighted by atomic mass is 10.1. The summed E-state index contributed by atoms with van der Waals surface area (Å²) in [5.74, 6) is 1.54. The fraction of sp³-hybridized carbons (Fsp3) is 0.444. The molecule has 72 heavy (non-hydrogen) atoms. The first kappa shape index (κ1) is 53.0. The molecule has 4 aromatic carbocycles. The Labute approximate surface area is 420 Å². The second kappa shape index (κ2) is 25.0. The fourth-order valence-corrected chi connectivity index (χ4v) is 9.84. The van der Waals surface area contributed by atoms with E-state index in [1.54, 1.807) is 38.1 Å². The molecule has 0 aliphatic carbocycles. The third-order valence-corrected chi connectivity index (χ3v) is 13.5. The average molecular weight is 989 g/mol. The molecule has 4 aliphatic heterocycles. The van der Waals surface area contributed by atoms with Crippen molar-refractivity contribution in [2.45, 2.75) is 65.5 Å². The lowest BCUT2D eigenvalue weighted by Gasteiger charge is -2.28. The number of benzene rings is 4. The van der Waals surface area contributed by atoms with Crippen LogP contribution in [0.1, 0.15) is 73.1 Å². The second-order valence-electron chi connectivity index (χ2n) is 18.0. The van der Waals surface area contributed by atoms with Gasteiger partial charge in [0.05, 0.1) is 72.8 Å². The van der Waals surface area contributed by atoms with Crippen LogP contribution in [0.15, 0.2) is 84.9 Å². The van der Waals surface area contributed by atoms with Crippen LogP contribution in [0, 0.1) is 0 Å². The summed E-state index contributed by atoms with van der Waals surface area (Å²) < 4.78 is 25.7. The maximum absolute atomic E-state index is 12.3. The first-order valence-electron chi connectivity index (χ1n) is 25.0. The van der Waals surface area contributed by atoms with E-state index in [9.17, 15) is 19.2 Å². The summed E-state index contributed by atoms with van der Waals surface area (Å²) in [6, 6.07) is 28.1. The number of imidazole rings is 2. The quantitative estimate of drug-likeness (QED) is 0.105. The van der Waals surface area contributed by atoms with Crippen molar-refractivity contribution in [1.29, 1.82) is 0 Å². The van der Waals surface area contributed by atoms with Crippen LogP contribution in [0.5, 0.6) is 0 Å². The van der Waals surface area contributed by atoms with Crippen LogP contribution in [-0.4, -0.2) is 156 Å². The van der Waals surface area contributed by atoms with Gasteiger partial charge < -0.3 is 58.6 Å². The summed E-state index contributed by atoms with van der Waals surface area (Å²) in [4.78, 5) is 67.1. The second-order valence-corrected chi connectivity index (χ2v) is 18.0. The third kappa shape index (κ3) is 12.2. The van der Waals surface area contributed by atoms with Gasteiger partial charge in [0.25, 0.3) is 0 Å². The maximum atomic E-state index is 12.3. The molecule has 6 aromatic rings. The normalized spacial score (nSPS) is 15.9. The number of carbonyl (C=O) groups is 4. The summed E-state index contributed by atoms with van der Waals surface area (Å²) in [6.07, 6.45) is 4.90. The molecule has 18 heteroatoms. The van der Waals surface area contributed by atoms with Gasteiger partial charge in [0, 0.05) is 101 Å². The van der Waals surface area contributed by atoms with Gasteiger partial charge in [-0.15, -0.1) is 0 Å². The Morgan fingerprint density at radius 2 is 0.917 bits per heavy atom. The molecule has 4 saturated heterocycles. The molecule has 0 saturated carbocycles. The predicted molar refractivity (Wildman–Crippen MR) is 276 cm³/mol. The summed E-state index contributed by atoms with van der Waals surface area (Å²) in [5.41, 5.74) is 8.87. The smallest absolute Gasteiger partial charge is 0.338 e. The van der Waals surface area contributed by atoms with Gasteiger partial charge in [-0.2, -0.15) is 0 Å². The van der Waals surface area contributed by atoms with E-state index < -0.39 is 0 Å². The van der Waals surface area contributed by atoms with Crippen molar-refractivity contribution in [3.8, 4) is 22.8 Å². The van der Waals surface area contributed by atoms with Gasteiger partial charge in [-0.05, 0) is 124 Å². The van der Waals surface area contributed by atoms with Crippen LogP contribution in [0.25, 0.3) is 44.8 Å². The first-order chi connectivity index (χ1) is 34.3. The van der Waals surface area contributed by atoms with Crippen LogP contribution in [0.2, 0.25) is 0 Å². The van der Waals surface area contributed by atoms with Crippen molar-refractivity contribution in [2.75, 3.05) is 102 Å². The number of amides is 2. The minimum atomic E-state index is -0.340. The van der Waals surface area contributed by atoms with Crippen LogP contribution >= 0.6 is 0 Å². The number of hydrogen-bond donors (Lipinski definition) is 0. The van der Waals surface area contributed by atoms with Gasteiger partial charge in [0.15, 0.2) is 0 Å². The molecule has 10 rings (SSSR count). The number of likely N-dealkylation sites (tertiary alicyclic amines) is 2. The van der Waals surface area contributed by atoms with Crippen molar-refractivity contribution < 1.29 is 49.1 Å². The Balaban J connectivity index is 0.000000206. The topological polar surface area (TPSA) is 217 Å². The van der Waals surface area contributed by atoms with Crippen LogP contribution in [0.4, 0.5) is 11.4 Å². The van der Waals surface area contributed by atoms with E-state index in [1.165, 1.54) is 11.4 Å². The monoisotopic (exact) mass is 989 g/mol. The molecule has 6 heterocycles. The highest BCUT2D eigenvalue weighted by atomic mass is 16.5. The zero-order valence-electron chi connectivity index (χ0n) is 41.5. The number of fused-ring (bicyclic) bond motifs is 2. The van der Waals surface area contributed by atoms with Crippen molar-refractivity contribution in [3.05, 3.63) is 96.1 Å². The van der Waals surface area contributed by atoms with Crippen molar-refractivity contribution >= 4 is 57.2 Å². The van der Waals surface area contributed by atoms with E-state index in [0.717, 1.165) is 162 Å². The number of nitrogens with zero attached hydrogens (tertiary/aromatic N) is 8. The van der Waals surface area contributed by atoms with Crippen LogP contribution in [-0.2, 0) is 41.6 Å². The summed E-state index contributed by atoms with van der Waals surface area (Å²) in [6.45, 7) is 15.5. The number of ether oxygens (including phenoxy) is 4. The Morgan fingerprint density at radius 3 is 1.26 bits per heavy atom. The number of anilines is 2. The third-order valence-electron chi connectivity index (χ3n) is 13.5. The number of carbonyl (C=O) groups excluding carboxylic acids is 4. The number of aryl methyl sites for hydroxylation is 2. The van der Waals surface area contributed by atoms with Crippen molar-refractivity contribution in [2.24, 2.45) is 0 Å². The Bertz CT molecular complexity index is 2590. The van der Waals surface area contributed by atoms with E-state index in [-0.39, 0.29) is 34.7 Å². The number of rotatable bonds is 16. The molecule has 0 spiro atoms. The molecular formula is C54H68N8O10. The molecule has 4 fully saturated rings. The molecule has 0 radical (unpaired) electrons. The molecule has 384 valence electrons. The standard InChI is InChI=1S/2C27H32N4O4.2H2O/c2*1-2-35-27(33)21-8-11-24-23(19-21)28-26(31(24)14-4-13-30-12-3-5-25(30)32)20-6-9-22(10-7-20)29-15-17-34-18-16-29;;/h2*6-11,19H,2-5,12-18H2,1H3;2*1H2. The lowest BCUT2D eigenvalue weighted by molar-refractivity contribution is -0.128. The molecule has 18 nitrogen and oxygen atoms in total. The minimum absolute atomic E-state index is 0. The van der Waals surface area contributed by atoms with Crippen molar-refractivity contribution in [1.82, 2.24) is 28.9 Å². The van der Waals surface area contributed by atoms with Crippen LogP contribution in [0.3, 0.4) is 0 Å². The lowest BCUT2D eigenvalue weighted by Crippen LogP contribution is -2.36. The van der Waals surface area contributed by atoms with Gasteiger partial charge in [-0.25, -0.2) is 19.6 Å². The van der Waals surface area contributed by atoms with E-state index in [2.05, 4.69) is 67.5 Å². The summed E-state index contributed by atoms with van der Waals surface area (Å²) in [7, 11) is 0. The molecule has 4 N–H and O–H groups in total. The molecule has 2 aromatic heterocycles. The van der Waals surface area contributed by atoms with Gasteiger partial charge in [0.1, 0.15) is 11.6 Å². The SMILES string of the molecule is CCOC(=O)c1ccc2c(c1)nc(-c1ccc(N3CCOCC3)cc1)n2CCCN1CCCC1=O.CCOC(=O)c1ccc2c(c1)nc(-c1ccc(N3CCOCC3)cc1)n2CCCN1CCCC1=O.O.O. The Kier molecular flexibility index (Phi) is 18.4. The molecule has 0 atom stereocenters. The van der Waals surface area contributed by atoms with E-state index in [1.807, 2.05) is 21.9 Å². The van der Waals surface area contributed by atoms with Gasteiger partial charge in [-0.3, -0.25) is 9.59 Å². The molecular weight excluding hydrogens is 921 g/mol. The first-order valence-corrected chi connectivity index (χ1v) is 25.0. The zero-order chi connectivity index (χ0) is 48.4. The minimum Gasteiger partial charge on any atom is -0.462 e. The fourth-order valence-electron chi connectivity index (χ4n) is 9.84. The average Bonchev–Trinajstić information content (AvgIpc) is 4.20. The highest BCUT2D eigenvalue weighted by Gasteiger charge is 2.23. The largest absolute Gasteiger partial charge is 0.462 e. The Hall–Kier alpha value is -6.86. The number of hydrogen-bond acceptors (Lipinski definition) is 12. The van der Waals surface area contributed by atoms with Gasteiger partial charge in [-0.1, -0.05) is 0 Å². The Morgan fingerprint density at radius 1 is 0.528 bits per heavy atom. The highest BCUT2D eigenvalue weighted by Crippen LogP contribution is 2.31. The van der Waals surface area contributed by atoms with E-state index in [0.29, 0.717) is 37.2 Å². The predicted octanol–water partition coefficient (Wildman–Crippen LogP) is 5.81. The maximum Gasteiger partial charge on any atom is 0.338 e. The molecule has 0 bridgehead atoms. The molecule has 0 unspecified atom stereocenters. The van der Waals surface area contributed by atoms with Crippen molar-refractivity contribution in [3.63, 3.8) is 0 Å². The van der Waals surface area contributed by atoms with Gasteiger partial charge >= 0.3 is 11.9 Å². The summed E-state index contributed by atoms with van der Waals surface area (Å²) >= 11 is 0. The van der Waals surface area contributed by atoms with E-state index >= 15 is 0 Å². The van der Waals surface area contributed by atoms with Gasteiger partial charge in [0.2, 0.25) is 11.8 Å². The number of aromatic nitrogens is 4. The molecule has 4 aliphatic rings.